The topological polar surface area (TPSA) is 81.2 Å². The van der Waals surface area contributed by atoms with Crippen LogP contribution in [0.1, 0.15) is 5.56 Å². The molecule has 0 spiro atoms. The van der Waals surface area contributed by atoms with Crippen LogP contribution in [0.3, 0.4) is 0 Å². The van der Waals surface area contributed by atoms with Crippen molar-refractivity contribution in [2.75, 3.05) is 11.1 Å². The van der Waals surface area contributed by atoms with Gasteiger partial charge in [-0.15, -0.1) is 0 Å². The first-order chi connectivity index (χ1) is 9.06. The van der Waals surface area contributed by atoms with Crippen LogP contribution in [-0.4, -0.2) is 4.92 Å². The molecule has 0 bridgehead atoms. The van der Waals surface area contributed by atoms with Crippen molar-refractivity contribution in [1.82, 2.24) is 0 Å². The number of benzene rings is 2. The number of hydrogen-bond acceptors (Lipinski definition) is 4. The van der Waals surface area contributed by atoms with Gasteiger partial charge in [0, 0.05) is 22.8 Å². The van der Waals surface area contributed by atoms with Crippen molar-refractivity contribution in [3.05, 3.63) is 62.6 Å². The molecule has 0 aliphatic heterocycles. The van der Waals surface area contributed by atoms with Gasteiger partial charge in [-0.2, -0.15) is 0 Å². The number of rotatable bonds is 4. The molecule has 2 aromatic rings. The fourth-order valence-electron chi connectivity index (χ4n) is 1.64. The molecule has 2 aromatic carbocycles. The third-order valence-electron chi connectivity index (χ3n) is 2.62. The summed E-state index contributed by atoms with van der Waals surface area (Å²) in [7, 11) is 0. The molecule has 5 nitrogen and oxygen atoms in total. The first-order valence-corrected chi connectivity index (χ1v) is 6.38. The lowest BCUT2D eigenvalue weighted by Gasteiger charge is -2.08. The molecule has 0 fully saturated rings. The Morgan fingerprint density at radius 2 is 1.89 bits per heavy atom. The summed E-state index contributed by atoms with van der Waals surface area (Å²) in [6.07, 6.45) is 0. The Hall–Kier alpha value is -2.08. The number of anilines is 2. The SMILES string of the molecule is Nc1ccc(CNc2cc(Br)ccc2[N+](=O)[O-])cc1. The number of hydrogen-bond donors (Lipinski definition) is 2. The van der Waals surface area contributed by atoms with E-state index in [1.165, 1.54) is 6.07 Å². The molecular formula is C13H12BrN3O2. The van der Waals surface area contributed by atoms with Crippen molar-refractivity contribution in [2.45, 2.75) is 6.54 Å². The molecule has 6 heteroatoms. The predicted molar refractivity (Wildman–Crippen MR) is 79.0 cm³/mol. The number of nitro groups is 1. The standard InChI is InChI=1S/C13H12BrN3O2/c14-10-3-6-13(17(18)19)12(7-10)16-8-9-1-4-11(15)5-2-9/h1-7,16H,8,15H2. The molecule has 0 saturated heterocycles. The summed E-state index contributed by atoms with van der Waals surface area (Å²) >= 11 is 3.30. The molecule has 0 unspecified atom stereocenters. The van der Waals surface area contributed by atoms with E-state index in [0.29, 0.717) is 17.9 Å². The van der Waals surface area contributed by atoms with Gasteiger partial charge in [-0.3, -0.25) is 10.1 Å². The minimum absolute atomic E-state index is 0.0543. The zero-order valence-electron chi connectivity index (χ0n) is 9.97. The minimum atomic E-state index is -0.405. The lowest BCUT2D eigenvalue weighted by molar-refractivity contribution is -0.384. The first-order valence-electron chi connectivity index (χ1n) is 5.58. The molecule has 0 atom stereocenters. The average molecular weight is 322 g/mol. The first kappa shape index (κ1) is 13.4. The van der Waals surface area contributed by atoms with E-state index in [-0.39, 0.29) is 5.69 Å². The van der Waals surface area contributed by atoms with Crippen molar-refractivity contribution in [3.8, 4) is 0 Å². The lowest BCUT2D eigenvalue weighted by Crippen LogP contribution is -2.02. The van der Waals surface area contributed by atoms with Crippen LogP contribution in [0.2, 0.25) is 0 Å². The molecular weight excluding hydrogens is 310 g/mol. The molecule has 0 amide bonds. The van der Waals surface area contributed by atoms with E-state index in [1.54, 1.807) is 24.3 Å². The van der Waals surface area contributed by atoms with Crippen LogP contribution in [0.4, 0.5) is 17.1 Å². The third kappa shape index (κ3) is 3.45. The second kappa shape index (κ2) is 5.71. The summed E-state index contributed by atoms with van der Waals surface area (Å²) < 4.78 is 0.790. The highest BCUT2D eigenvalue weighted by atomic mass is 79.9. The normalized spacial score (nSPS) is 10.2. The maximum atomic E-state index is 10.9. The molecule has 0 saturated carbocycles. The van der Waals surface area contributed by atoms with Crippen molar-refractivity contribution in [3.63, 3.8) is 0 Å². The summed E-state index contributed by atoms with van der Waals surface area (Å²) in [4.78, 5) is 10.5. The number of nitrogens with one attached hydrogen (secondary N) is 1. The van der Waals surface area contributed by atoms with Crippen molar-refractivity contribution in [1.29, 1.82) is 0 Å². The van der Waals surface area contributed by atoms with Crippen LogP contribution in [0, 0.1) is 10.1 Å². The summed E-state index contributed by atoms with van der Waals surface area (Å²) in [6, 6.07) is 12.2. The molecule has 0 aromatic heterocycles. The van der Waals surface area contributed by atoms with Crippen molar-refractivity contribution >= 4 is 33.0 Å². The molecule has 3 N–H and O–H groups in total. The summed E-state index contributed by atoms with van der Waals surface area (Å²) in [5, 5.41) is 14.0. The van der Waals surface area contributed by atoms with Crippen LogP contribution in [0.15, 0.2) is 46.9 Å². The van der Waals surface area contributed by atoms with E-state index in [2.05, 4.69) is 21.2 Å². The highest BCUT2D eigenvalue weighted by Gasteiger charge is 2.13. The quantitative estimate of drug-likeness (QED) is 0.512. The molecule has 0 radical (unpaired) electrons. The summed E-state index contributed by atoms with van der Waals surface area (Å²) in [6.45, 7) is 0.498. The van der Waals surface area contributed by atoms with Gasteiger partial charge in [-0.25, -0.2) is 0 Å². The Bertz CT molecular complexity index is 599. The number of halogens is 1. The van der Waals surface area contributed by atoms with E-state index in [1.807, 2.05) is 12.1 Å². The zero-order chi connectivity index (χ0) is 13.8. The maximum absolute atomic E-state index is 10.9. The molecule has 19 heavy (non-hydrogen) atoms. The van der Waals surface area contributed by atoms with Crippen molar-refractivity contribution in [2.24, 2.45) is 0 Å². The van der Waals surface area contributed by atoms with Gasteiger partial charge in [0.15, 0.2) is 0 Å². The second-order valence-electron chi connectivity index (χ2n) is 4.01. The smallest absolute Gasteiger partial charge is 0.292 e. The van der Waals surface area contributed by atoms with E-state index in [9.17, 15) is 10.1 Å². The van der Waals surface area contributed by atoms with Gasteiger partial charge >= 0.3 is 0 Å². The van der Waals surface area contributed by atoms with E-state index in [0.717, 1.165) is 10.0 Å². The largest absolute Gasteiger partial charge is 0.399 e. The Kier molecular flexibility index (Phi) is 4.01. The Morgan fingerprint density at radius 1 is 1.21 bits per heavy atom. The van der Waals surface area contributed by atoms with Gasteiger partial charge in [0.25, 0.3) is 5.69 Å². The fraction of sp³-hybridized carbons (Fsp3) is 0.0769. The van der Waals surface area contributed by atoms with E-state index < -0.39 is 4.92 Å². The van der Waals surface area contributed by atoms with Crippen LogP contribution in [0.25, 0.3) is 0 Å². The van der Waals surface area contributed by atoms with Gasteiger partial charge in [0.05, 0.1) is 4.92 Å². The van der Waals surface area contributed by atoms with Gasteiger partial charge in [-0.1, -0.05) is 28.1 Å². The highest BCUT2D eigenvalue weighted by molar-refractivity contribution is 9.10. The third-order valence-corrected chi connectivity index (χ3v) is 3.11. The molecule has 0 heterocycles. The number of nitrogens with zero attached hydrogens (tertiary/aromatic N) is 1. The number of nitrogen functional groups attached to an aromatic ring is 1. The fourth-order valence-corrected chi connectivity index (χ4v) is 2.00. The minimum Gasteiger partial charge on any atom is -0.399 e. The maximum Gasteiger partial charge on any atom is 0.292 e. The zero-order valence-corrected chi connectivity index (χ0v) is 11.6. The number of nitro benzene ring substituents is 1. The summed E-state index contributed by atoms with van der Waals surface area (Å²) in [5.74, 6) is 0. The summed E-state index contributed by atoms with van der Waals surface area (Å²) in [5.41, 5.74) is 7.83. The molecule has 2 rings (SSSR count). The van der Waals surface area contributed by atoms with E-state index in [4.69, 9.17) is 5.73 Å². The van der Waals surface area contributed by atoms with Gasteiger partial charge in [0.2, 0.25) is 0 Å². The van der Waals surface area contributed by atoms with E-state index >= 15 is 0 Å². The molecule has 0 aliphatic rings. The number of nitrogens with two attached hydrogens (primary N) is 1. The van der Waals surface area contributed by atoms with Gasteiger partial charge in [-0.05, 0) is 29.8 Å². The highest BCUT2D eigenvalue weighted by Crippen LogP contribution is 2.28. The van der Waals surface area contributed by atoms with Crippen LogP contribution >= 0.6 is 15.9 Å². The predicted octanol–water partition coefficient (Wildman–Crippen LogP) is 3.55. The monoisotopic (exact) mass is 321 g/mol. The second-order valence-corrected chi connectivity index (χ2v) is 4.93. The Morgan fingerprint density at radius 3 is 2.53 bits per heavy atom. The Labute approximate surface area is 118 Å². The van der Waals surface area contributed by atoms with Gasteiger partial charge in [0.1, 0.15) is 5.69 Å². The van der Waals surface area contributed by atoms with Crippen LogP contribution in [0.5, 0.6) is 0 Å². The van der Waals surface area contributed by atoms with Crippen LogP contribution < -0.4 is 11.1 Å². The van der Waals surface area contributed by atoms with Crippen molar-refractivity contribution < 1.29 is 4.92 Å². The Balaban J connectivity index is 2.16. The van der Waals surface area contributed by atoms with Crippen LogP contribution in [-0.2, 0) is 6.54 Å². The molecule has 98 valence electrons. The van der Waals surface area contributed by atoms with Gasteiger partial charge < -0.3 is 11.1 Å². The average Bonchev–Trinajstić information content (AvgIpc) is 2.38. The molecule has 0 aliphatic carbocycles. The lowest BCUT2D eigenvalue weighted by atomic mass is 10.2.